The van der Waals surface area contributed by atoms with E-state index in [1.807, 2.05) is 30.3 Å². The number of methoxy groups -OCH3 is 1. The highest BCUT2D eigenvalue weighted by molar-refractivity contribution is 5.94. The van der Waals surface area contributed by atoms with Gasteiger partial charge in [0.05, 0.1) is 13.2 Å². The Morgan fingerprint density at radius 2 is 1.95 bits per heavy atom. The van der Waals surface area contributed by atoms with E-state index in [1.165, 1.54) is 13.2 Å². The van der Waals surface area contributed by atoms with E-state index in [-0.39, 0.29) is 5.57 Å². The summed E-state index contributed by atoms with van der Waals surface area (Å²) >= 11 is 0. The number of amides is 1. The van der Waals surface area contributed by atoms with Gasteiger partial charge in [-0.1, -0.05) is 36.4 Å². The zero-order chi connectivity index (χ0) is 15.2. The first-order chi connectivity index (χ1) is 10.1. The van der Waals surface area contributed by atoms with Crippen LogP contribution < -0.4 is 11.5 Å². The molecule has 0 saturated heterocycles. The van der Waals surface area contributed by atoms with Crippen molar-refractivity contribution in [1.29, 1.82) is 0 Å². The zero-order valence-electron chi connectivity index (χ0n) is 11.8. The molecule has 1 aromatic rings. The number of carbonyl (C=O) groups excluding carboxylic acids is 1. The molecule has 2 rings (SSSR count). The average Bonchev–Trinajstić information content (AvgIpc) is 2.65. The van der Waals surface area contributed by atoms with E-state index in [2.05, 4.69) is 0 Å². The fourth-order valence-corrected chi connectivity index (χ4v) is 1.93. The molecule has 21 heavy (non-hydrogen) atoms. The Morgan fingerprint density at radius 3 is 2.57 bits per heavy atom. The molecule has 1 amide bonds. The van der Waals surface area contributed by atoms with Crippen molar-refractivity contribution in [3.05, 3.63) is 71.2 Å². The third-order valence-corrected chi connectivity index (χ3v) is 3.09. The van der Waals surface area contributed by atoms with Crippen molar-refractivity contribution in [2.75, 3.05) is 7.11 Å². The molecular formula is C16H18N2O3. The Kier molecular flexibility index (Phi) is 4.79. The van der Waals surface area contributed by atoms with Crippen LogP contribution in [0.25, 0.3) is 0 Å². The van der Waals surface area contributed by atoms with Crippen LogP contribution in [0, 0.1) is 0 Å². The third-order valence-electron chi connectivity index (χ3n) is 3.09. The van der Waals surface area contributed by atoms with Gasteiger partial charge in [0.15, 0.2) is 11.5 Å². The van der Waals surface area contributed by atoms with Gasteiger partial charge >= 0.3 is 0 Å². The molecule has 4 N–H and O–H groups in total. The van der Waals surface area contributed by atoms with E-state index in [0.717, 1.165) is 5.56 Å². The molecule has 1 aliphatic carbocycles. The molecule has 1 aliphatic rings. The van der Waals surface area contributed by atoms with E-state index < -0.39 is 11.9 Å². The number of carbonyl (C=O) groups is 1. The van der Waals surface area contributed by atoms with Crippen molar-refractivity contribution in [3.8, 4) is 0 Å². The van der Waals surface area contributed by atoms with Gasteiger partial charge in [-0.2, -0.15) is 0 Å². The minimum Gasteiger partial charge on any atom is -0.493 e. The van der Waals surface area contributed by atoms with Crippen LogP contribution >= 0.6 is 0 Å². The van der Waals surface area contributed by atoms with E-state index in [1.54, 1.807) is 12.2 Å². The molecule has 0 bridgehead atoms. The molecule has 0 spiro atoms. The molecule has 0 saturated carbocycles. The SMILES string of the molecule is COC1=C(OCc2ccccc2)C=CC(N)C(C(N)=O)=C1. The number of rotatable bonds is 5. The lowest BCUT2D eigenvalue weighted by atomic mass is 10.1. The number of primary amides is 1. The molecule has 0 aromatic heterocycles. The highest BCUT2D eigenvalue weighted by atomic mass is 16.5. The lowest BCUT2D eigenvalue weighted by Gasteiger charge is -2.10. The highest BCUT2D eigenvalue weighted by Crippen LogP contribution is 2.20. The van der Waals surface area contributed by atoms with Crippen LogP contribution in [0.2, 0.25) is 0 Å². The summed E-state index contributed by atoms with van der Waals surface area (Å²) in [5, 5.41) is 0. The van der Waals surface area contributed by atoms with Gasteiger partial charge in [0.25, 0.3) is 0 Å². The van der Waals surface area contributed by atoms with Crippen molar-refractivity contribution in [2.24, 2.45) is 11.5 Å². The molecule has 0 fully saturated rings. The minimum absolute atomic E-state index is 0.279. The maximum atomic E-state index is 11.4. The summed E-state index contributed by atoms with van der Waals surface area (Å²) in [7, 11) is 1.50. The van der Waals surface area contributed by atoms with Crippen LogP contribution in [0.5, 0.6) is 0 Å². The van der Waals surface area contributed by atoms with Crippen LogP contribution in [0.1, 0.15) is 5.56 Å². The first-order valence-corrected chi connectivity index (χ1v) is 6.52. The number of allylic oxidation sites excluding steroid dienone is 2. The fourth-order valence-electron chi connectivity index (χ4n) is 1.93. The van der Waals surface area contributed by atoms with Crippen LogP contribution in [-0.4, -0.2) is 19.1 Å². The standard InChI is InChI=1S/C16H18N2O3/c1-20-15-9-12(16(18)19)13(17)7-8-14(15)21-10-11-5-3-2-4-6-11/h2-9,13H,10,17H2,1H3,(H2,18,19). The predicted octanol–water partition coefficient (Wildman–Crippen LogP) is 1.37. The Bertz CT molecular complexity index is 603. The lowest BCUT2D eigenvalue weighted by molar-refractivity contribution is -0.114. The second-order valence-electron chi connectivity index (χ2n) is 4.56. The second-order valence-corrected chi connectivity index (χ2v) is 4.56. The number of hydrogen-bond acceptors (Lipinski definition) is 4. The summed E-state index contributed by atoms with van der Waals surface area (Å²) in [5.74, 6) is 0.350. The molecule has 0 radical (unpaired) electrons. The Morgan fingerprint density at radius 1 is 1.24 bits per heavy atom. The highest BCUT2D eigenvalue weighted by Gasteiger charge is 2.18. The van der Waals surface area contributed by atoms with Gasteiger partial charge < -0.3 is 20.9 Å². The number of benzene rings is 1. The van der Waals surface area contributed by atoms with Gasteiger partial charge in [-0.25, -0.2) is 0 Å². The van der Waals surface area contributed by atoms with E-state index >= 15 is 0 Å². The molecule has 1 atom stereocenters. The largest absolute Gasteiger partial charge is 0.493 e. The molecule has 1 unspecified atom stereocenters. The van der Waals surface area contributed by atoms with Crippen LogP contribution in [0.4, 0.5) is 0 Å². The van der Waals surface area contributed by atoms with Crippen molar-refractivity contribution in [3.63, 3.8) is 0 Å². The molecule has 5 nitrogen and oxygen atoms in total. The van der Waals surface area contributed by atoms with Crippen LogP contribution in [0.15, 0.2) is 65.7 Å². The first kappa shape index (κ1) is 14.9. The van der Waals surface area contributed by atoms with Gasteiger partial charge in [0.1, 0.15) is 6.61 Å². The first-order valence-electron chi connectivity index (χ1n) is 6.52. The van der Waals surface area contributed by atoms with Gasteiger partial charge in [-0.15, -0.1) is 0 Å². The van der Waals surface area contributed by atoms with Crippen molar-refractivity contribution in [2.45, 2.75) is 12.6 Å². The van der Waals surface area contributed by atoms with Crippen molar-refractivity contribution < 1.29 is 14.3 Å². The van der Waals surface area contributed by atoms with Crippen molar-refractivity contribution in [1.82, 2.24) is 0 Å². The van der Waals surface area contributed by atoms with E-state index in [0.29, 0.717) is 18.1 Å². The number of ether oxygens (including phenoxy) is 2. The number of hydrogen-bond donors (Lipinski definition) is 2. The second kappa shape index (κ2) is 6.76. The lowest BCUT2D eigenvalue weighted by Crippen LogP contribution is -2.29. The predicted molar refractivity (Wildman–Crippen MR) is 79.7 cm³/mol. The zero-order valence-corrected chi connectivity index (χ0v) is 11.8. The summed E-state index contributed by atoms with van der Waals surface area (Å²) in [4.78, 5) is 11.4. The van der Waals surface area contributed by atoms with Crippen LogP contribution in [-0.2, 0) is 20.9 Å². The smallest absolute Gasteiger partial charge is 0.246 e. The van der Waals surface area contributed by atoms with E-state index in [4.69, 9.17) is 20.9 Å². The minimum atomic E-state index is -0.578. The van der Waals surface area contributed by atoms with Crippen molar-refractivity contribution >= 4 is 5.91 Å². The molecule has 0 aliphatic heterocycles. The Balaban J connectivity index is 2.23. The summed E-state index contributed by atoms with van der Waals surface area (Å²) < 4.78 is 11.0. The van der Waals surface area contributed by atoms with Gasteiger partial charge in [0.2, 0.25) is 5.91 Å². The van der Waals surface area contributed by atoms with Crippen LogP contribution in [0.3, 0.4) is 0 Å². The van der Waals surface area contributed by atoms with E-state index in [9.17, 15) is 4.79 Å². The Hall–Kier alpha value is -2.53. The van der Waals surface area contributed by atoms with Gasteiger partial charge in [0, 0.05) is 5.57 Å². The van der Waals surface area contributed by atoms with Gasteiger partial charge in [-0.05, 0) is 17.7 Å². The van der Waals surface area contributed by atoms with Gasteiger partial charge in [-0.3, -0.25) is 4.79 Å². The summed E-state index contributed by atoms with van der Waals surface area (Å²) in [6.45, 7) is 0.391. The third kappa shape index (κ3) is 3.73. The summed E-state index contributed by atoms with van der Waals surface area (Å²) in [5.41, 5.74) is 12.5. The summed E-state index contributed by atoms with van der Waals surface area (Å²) in [6.07, 6.45) is 4.87. The normalized spacial score (nSPS) is 18.0. The molecule has 1 aromatic carbocycles. The fraction of sp³-hybridized carbons (Fsp3) is 0.188. The quantitative estimate of drug-likeness (QED) is 0.855. The number of nitrogens with two attached hydrogens (primary N) is 2. The maximum absolute atomic E-state index is 11.4. The maximum Gasteiger partial charge on any atom is 0.246 e. The average molecular weight is 286 g/mol. The molecule has 110 valence electrons. The molecule has 0 heterocycles. The Labute approximate surface area is 123 Å². The molecule has 5 heteroatoms. The molecular weight excluding hydrogens is 268 g/mol. The topological polar surface area (TPSA) is 87.6 Å². The monoisotopic (exact) mass is 286 g/mol. The summed E-state index contributed by atoms with van der Waals surface area (Å²) in [6, 6.07) is 9.16.